The third-order valence-corrected chi connectivity index (χ3v) is 6.41. The van der Waals surface area contributed by atoms with Crippen molar-refractivity contribution in [3.63, 3.8) is 0 Å². The number of amides is 4. The molecule has 2 N–H and O–H groups in total. The molecule has 3 atom stereocenters. The number of pyridine rings is 1. The molecule has 3 unspecified atom stereocenters. The number of hydrogen-bond acceptors (Lipinski definition) is 7. The van der Waals surface area contributed by atoms with Gasteiger partial charge >= 0.3 is 6.09 Å². The predicted molar refractivity (Wildman–Crippen MR) is 116 cm³/mol. The number of piperidine rings is 2. The van der Waals surface area contributed by atoms with Crippen molar-refractivity contribution in [1.29, 1.82) is 0 Å². The van der Waals surface area contributed by atoms with E-state index in [0.717, 1.165) is 0 Å². The molecule has 178 valence electrons. The number of hydrogen-bond donors (Lipinski definition) is 2. The zero-order valence-corrected chi connectivity index (χ0v) is 19.4. The molecule has 10 nitrogen and oxygen atoms in total. The van der Waals surface area contributed by atoms with Crippen LogP contribution >= 0.6 is 0 Å². The van der Waals surface area contributed by atoms with Crippen LogP contribution in [0, 0.1) is 0 Å². The standard InChI is InChI=1S/C23H30N4O6/c1-13-11-23(32,9-10-26(13)21(31)33-22(2,3)4)17-7-5-14-15(24-17)12-27(20(14)30)16-6-8-18(28)25-19(16)29/h5,7,13,16,32H,6,8-12H2,1-4H3,(H,25,28,29). The summed E-state index contributed by atoms with van der Waals surface area (Å²) >= 11 is 0. The van der Waals surface area contributed by atoms with Gasteiger partial charge in [-0.25, -0.2) is 4.79 Å². The zero-order valence-electron chi connectivity index (χ0n) is 19.4. The fourth-order valence-corrected chi connectivity index (χ4v) is 4.75. The lowest BCUT2D eigenvalue weighted by atomic mass is 9.84. The Kier molecular flexibility index (Phi) is 5.68. The third kappa shape index (κ3) is 4.44. The number of aromatic nitrogens is 1. The number of imide groups is 1. The summed E-state index contributed by atoms with van der Waals surface area (Å²) in [6.45, 7) is 7.74. The summed E-state index contributed by atoms with van der Waals surface area (Å²) in [7, 11) is 0. The minimum absolute atomic E-state index is 0.143. The van der Waals surface area contributed by atoms with Crippen LogP contribution in [0.5, 0.6) is 0 Å². The van der Waals surface area contributed by atoms with Gasteiger partial charge in [-0.15, -0.1) is 0 Å². The molecule has 10 heteroatoms. The molecule has 0 bridgehead atoms. The molecule has 0 aliphatic carbocycles. The summed E-state index contributed by atoms with van der Waals surface area (Å²) in [6, 6.07) is 2.29. The van der Waals surface area contributed by atoms with E-state index in [2.05, 4.69) is 10.3 Å². The molecule has 4 amide bonds. The predicted octanol–water partition coefficient (Wildman–Crippen LogP) is 1.45. The molecular formula is C23H30N4O6. The van der Waals surface area contributed by atoms with E-state index in [1.165, 1.54) is 4.90 Å². The van der Waals surface area contributed by atoms with Gasteiger partial charge in [-0.1, -0.05) is 0 Å². The maximum Gasteiger partial charge on any atom is 0.410 e. The lowest BCUT2D eigenvalue weighted by molar-refractivity contribution is -0.136. The van der Waals surface area contributed by atoms with Crippen LogP contribution in [0.4, 0.5) is 4.79 Å². The first kappa shape index (κ1) is 23.2. The number of carbonyl (C=O) groups is 4. The largest absolute Gasteiger partial charge is 0.444 e. The Morgan fingerprint density at radius 3 is 2.64 bits per heavy atom. The van der Waals surface area contributed by atoms with Crippen LogP contribution in [0.3, 0.4) is 0 Å². The van der Waals surface area contributed by atoms with Crippen LogP contribution in [0.25, 0.3) is 0 Å². The maximum absolute atomic E-state index is 12.9. The maximum atomic E-state index is 12.9. The molecule has 0 spiro atoms. The van der Waals surface area contributed by atoms with Gasteiger partial charge in [-0.3, -0.25) is 24.7 Å². The van der Waals surface area contributed by atoms with Crippen molar-refractivity contribution in [1.82, 2.24) is 20.1 Å². The fourth-order valence-electron chi connectivity index (χ4n) is 4.75. The Labute approximate surface area is 192 Å². The molecule has 2 saturated heterocycles. The van der Waals surface area contributed by atoms with Gasteiger partial charge in [0.1, 0.15) is 17.2 Å². The van der Waals surface area contributed by atoms with E-state index in [1.807, 2.05) is 27.7 Å². The van der Waals surface area contributed by atoms with Crippen LogP contribution in [-0.4, -0.2) is 67.9 Å². The van der Waals surface area contributed by atoms with Gasteiger partial charge in [0, 0.05) is 25.4 Å². The Balaban J connectivity index is 1.49. The van der Waals surface area contributed by atoms with E-state index in [1.54, 1.807) is 17.0 Å². The van der Waals surface area contributed by atoms with Crippen molar-refractivity contribution < 1.29 is 29.0 Å². The van der Waals surface area contributed by atoms with Crippen molar-refractivity contribution >= 4 is 23.8 Å². The van der Waals surface area contributed by atoms with Gasteiger partial charge in [0.05, 0.1) is 23.5 Å². The molecule has 0 radical (unpaired) electrons. The van der Waals surface area contributed by atoms with E-state index in [-0.39, 0.29) is 50.1 Å². The molecule has 1 aromatic rings. The van der Waals surface area contributed by atoms with E-state index in [0.29, 0.717) is 23.5 Å². The Morgan fingerprint density at radius 1 is 1.27 bits per heavy atom. The third-order valence-electron chi connectivity index (χ3n) is 6.41. The van der Waals surface area contributed by atoms with Gasteiger partial charge in [-0.05, 0) is 52.7 Å². The average molecular weight is 459 g/mol. The Bertz CT molecular complexity index is 1020. The molecular weight excluding hydrogens is 428 g/mol. The molecule has 0 saturated carbocycles. The number of aliphatic hydroxyl groups is 1. The van der Waals surface area contributed by atoms with Crippen LogP contribution in [0.15, 0.2) is 12.1 Å². The summed E-state index contributed by atoms with van der Waals surface area (Å²) in [5.41, 5.74) is -0.524. The van der Waals surface area contributed by atoms with Crippen molar-refractivity contribution in [2.24, 2.45) is 0 Å². The summed E-state index contributed by atoms with van der Waals surface area (Å²) in [5, 5.41) is 13.7. The highest BCUT2D eigenvalue weighted by Crippen LogP contribution is 2.37. The van der Waals surface area contributed by atoms with Crippen LogP contribution in [-0.2, 0) is 26.5 Å². The minimum atomic E-state index is -1.25. The second kappa shape index (κ2) is 8.09. The van der Waals surface area contributed by atoms with Crippen molar-refractivity contribution in [3.8, 4) is 0 Å². The highest BCUT2D eigenvalue weighted by Gasteiger charge is 2.44. The smallest absolute Gasteiger partial charge is 0.410 e. The number of nitrogens with zero attached hydrogens (tertiary/aromatic N) is 3. The van der Waals surface area contributed by atoms with Gasteiger partial charge in [0.15, 0.2) is 0 Å². The second-order valence-electron chi connectivity index (χ2n) is 10.1. The van der Waals surface area contributed by atoms with Crippen LogP contribution in [0.2, 0.25) is 0 Å². The molecule has 4 heterocycles. The average Bonchev–Trinajstić information content (AvgIpc) is 3.02. The summed E-state index contributed by atoms with van der Waals surface area (Å²) in [4.78, 5) is 56.7. The summed E-state index contributed by atoms with van der Waals surface area (Å²) in [6.07, 6.45) is 0.611. The Morgan fingerprint density at radius 2 is 2.00 bits per heavy atom. The van der Waals surface area contributed by atoms with Crippen molar-refractivity contribution in [3.05, 3.63) is 29.1 Å². The minimum Gasteiger partial charge on any atom is -0.444 e. The number of likely N-dealkylation sites (tertiary alicyclic amines) is 1. The van der Waals surface area contributed by atoms with Crippen molar-refractivity contribution in [2.75, 3.05) is 6.54 Å². The molecule has 1 aromatic heterocycles. The first-order valence-electron chi connectivity index (χ1n) is 11.2. The molecule has 4 rings (SSSR count). The SMILES string of the molecule is CC1CC(O)(c2ccc3c(n2)CN(C2CCC(=O)NC2=O)C3=O)CCN1C(=O)OC(C)(C)C. The van der Waals surface area contributed by atoms with Crippen LogP contribution < -0.4 is 5.32 Å². The summed E-state index contributed by atoms with van der Waals surface area (Å²) in [5.74, 6) is -1.12. The van der Waals surface area contributed by atoms with E-state index in [4.69, 9.17) is 4.74 Å². The Hall–Kier alpha value is -3.01. The number of nitrogens with one attached hydrogen (secondary N) is 1. The zero-order chi connectivity index (χ0) is 24.1. The number of carbonyl (C=O) groups excluding carboxylic acids is 4. The van der Waals surface area contributed by atoms with Gasteiger partial charge in [0.25, 0.3) is 5.91 Å². The lowest BCUT2D eigenvalue weighted by Crippen LogP contribution is -2.52. The molecule has 2 fully saturated rings. The van der Waals surface area contributed by atoms with Gasteiger partial charge in [0.2, 0.25) is 11.8 Å². The van der Waals surface area contributed by atoms with E-state index >= 15 is 0 Å². The molecule has 0 aromatic carbocycles. The summed E-state index contributed by atoms with van der Waals surface area (Å²) < 4.78 is 5.47. The second-order valence-corrected chi connectivity index (χ2v) is 10.1. The highest BCUT2D eigenvalue weighted by atomic mass is 16.6. The van der Waals surface area contributed by atoms with Crippen molar-refractivity contribution in [2.45, 2.75) is 83.2 Å². The topological polar surface area (TPSA) is 129 Å². The normalized spacial score (nSPS) is 28.0. The fraction of sp³-hybridized carbons (Fsp3) is 0.609. The van der Waals surface area contributed by atoms with E-state index in [9.17, 15) is 24.3 Å². The highest BCUT2D eigenvalue weighted by molar-refractivity contribution is 6.05. The number of rotatable bonds is 2. The molecule has 3 aliphatic rings. The first-order chi connectivity index (χ1) is 15.4. The number of fused-ring (bicyclic) bond motifs is 1. The first-order valence-corrected chi connectivity index (χ1v) is 11.2. The van der Waals surface area contributed by atoms with Gasteiger partial charge < -0.3 is 19.6 Å². The molecule has 33 heavy (non-hydrogen) atoms. The van der Waals surface area contributed by atoms with E-state index < -0.39 is 29.2 Å². The number of ether oxygens (including phenoxy) is 1. The molecule has 3 aliphatic heterocycles. The van der Waals surface area contributed by atoms with Crippen LogP contribution in [0.1, 0.15) is 75.1 Å². The quantitative estimate of drug-likeness (QED) is 0.642. The monoisotopic (exact) mass is 458 g/mol. The lowest BCUT2D eigenvalue weighted by Gasteiger charge is -2.42. The van der Waals surface area contributed by atoms with Gasteiger partial charge in [-0.2, -0.15) is 0 Å².